The molecule has 6 nitrogen and oxygen atoms in total. The highest BCUT2D eigenvalue weighted by molar-refractivity contribution is 6.74. The van der Waals surface area contributed by atoms with E-state index in [4.69, 9.17) is 9.16 Å². The lowest BCUT2D eigenvalue weighted by Gasteiger charge is -2.40. The summed E-state index contributed by atoms with van der Waals surface area (Å²) in [5.41, 5.74) is 2.99. The number of benzene rings is 3. The van der Waals surface area contributed by atoms with E-state index in [0.29, 0.717) is 6.54 Å². The minimum atomic E-state index is -2.06. The van der Waals surface area contributed by atoms with Gasteiger partial charge in [-0.25, -0.2) is 0 Å². The van der Waals surface area contributed by atoms with Crippen LogP contribution in [0.15, 0.2) is 78.9 Å². The zero-order valence-electron chi connectivity index (χ0n) is 21.4. The summed E-state index contributed by atoms with van der Waals surface area (Å²) in [6.45, 7) is 11.8. The summed E-state index contributed by atoms with van der Waals surface area (Å²) in [7, 11) is -0.431. The monoisotopic (exact) mass is 492 g/mol. The minimum absolute atomic E-state index is 0.0649. The van der Waals surface area contributed by atoms with E-state index in [0.717, 1.165) is 22.4 Å². The van der Waals surface area contributed by atoms with Crippen LogP contribution in [0, 0.1) is 10.1 Å². The molecular formula is C28H36N2O4Si. The fourth-order valence-electron chi connectivity index (χ4n) is 3.69. The van der Waals surface area contributed by atoms with E-state index in [9.17, 15) is 10.1 Å². The molecule has 0 bridgehead atoms. The highest BCUT2D eigenvalue weighted by Gasteiger charge is 2.39. The van der Waals surface area contributed by atoms with Crippen LogP contribution in [0.4, 0.5) is 5.69 Å². The molecule has 0 fully saturated rings. The second-order valence-corrected chi connectivity index (χ2v) is 15.0. The number of nitrogens with zero attached hydrogens (tertiary/aromatic N) is 1. The maximum atomic E-state index is 11.5. The lowest BCUT2D eigenvalue weighted by Crippen LogP contribution is -2.43. The molecule has 7 heteroatoms. The first kappa shape index (κ1) is 26.6. The Morgan fingerprint density at radius 1 is 0.914 bits per heavy atom. The first-order valence-electron chi connectivity index (χ1n) is 11.9. The molecule has 0 saturated heterocycles. The number of nitrogens with one attached hydrogen (secondary N) is 1. The topological polar surface area (TPSA) is 73.6 Å². The molecule has 3 aromatic rings. The van der Waals surface area contributed by atoms with Crippen LogP contribution in [0.25, 0.3) is 0 Å². The molecule has 3 aromatic carbocycles. The molecule has 2 unspecified atom stereocenters. The number of nitro groups is 1. The summed E-state index contributed by atoms with van der Waals surface area (Å²) in [6, 6.07) is 24.6. The first-order chi connectivity index (χ1) is 16.5. The van der Waals surface area contributed by atoms with Crippen molar-refractivity contribution in [3.05, 3.63) is 106 Å². The summed E-state index contributed by atoms with van der Waals surface area (Å²) in [5, 5.41) is 15.2. The fraction of sp³-hybridized carbons (Fsp3) is 0.357. The molecule has 0 heterocycles. The highest BCUT2D eigenvalue weighted by Crippen LogP contribution is 2.40. The van der Waals surface area contributed by atoms with Gasteiger partial charge in [0.2, 0.25) is 0 Å². The molecule has 35 heavy (non-hydrogen) atoms. The van der Waals surface area contributed by atoms with Crippen LogP contribution in [0.2, 0.25) is 18.1 Å². The molecule has 0 saturated carbocycles. The molecule has 2 atom stereocenters. The van der Waals surface area contributed by atoms with Gasteiger partial charge in [0, 0.05) is 18.7 Å². The molecule has 0 spiro atoms. The number of rotatable bonds is 10. The predicted octanol–water partition coefficient (Wildman–Crippen LogP) is 7.05. The quantitative estimate of drug-likeness (QED) is 0.187. The molecule has 1 N–H and O–H groups in total. The largest absolute Gasteiger partial charge is 0.497 e. The van der Waals surface area contributed by atoms with Crippen molar-refractivity contribution in [2.45, 2.75) is 51.0 Å². The Kier molecular flexibility index (Phi) is 8.48. The first-order valence-corrected chi connectivity index (χ1v) is 14.8. The number of hydrogen-bond acceptors (Lipinski definition) is 5. The van der Waals surface area contributed by atoms with Crippen molar-refractivity contribution < 1.29 is 14.1 Å². The van der Waals surface area contributed by atoms with Gasteiger partial charge in [0.15, 0.2) is 8.32 Å². The van der Waals surface area contributed by atoms with E-state index in [1.807, 2.05) is 48.5 Å². The van der Waals surface area contributed by atoms with Gasteiger partial charge < -0.3 is 14.5 Å². The Morgan fingerprint density at radius 2 is 1.54 bits per heavy atom. The molecule has 186 valence electrons. The lowest BCUT2D eigenvalue weighted by molar-refractivity contribution is -0.384. The van der Waals surface area contributed by atoms with Crippen LogP contribution in [-0.4, -0.2) is 26.9 Å². The summed E-state index contributed by atoms with van der Waals surface area (Å²) in [4.78, 5) is 11.1. The third-order valence-electron chi connectivity index (χ3n) is 6.79. The van der Waals surface area contributed by atoms with Crippen LogP contribution in [0.1, 0.15) is 49.6 Å². The maximum absolute atomic E-state index is 11.5. The van der Waals surface area contributed by atoms with Crippen molar-refractivity contribution in [3.63, 3.8) is 0 Å². The standard InChI is InChI=1S/C28H36N2O4Si/c1-28(2,3)35(5,6)34-26(21-11-8-7-9-12-21)20-29-27(22-15-17-25(33-4)18-16-22)23-13-10-14-24(19-23)30(31)32/h7-19,26-27,29H,20H2,1-6H3. The smallest absolute Gasteiger partial charge is 0.269 e. The van der Waals surface area contributed by atoms with Crippen LogP contribution < -0.4 is 10.1 Å². The van der Waals surface area contributed by atoms with Gasteiger partial charge >= 0.3 is 0 Å². The molecule has 0 aromatic heterocycles. The fourth-order valence-corrected chi connectivity index (χ4v) is 4.98. The van der Waals surface area contributed by atoms with Gasteiger partial charge in [-0.1, -0.05) is 75.4 Å². The Balaban J connectivity index is 1.96. The predicted molar refractivity (Wildman–Crippen MR) is 143 cm³/mol. The maximum Gasteiger partial charge on any atom is 0.269 e. The molecule has 0 aliphatic rings. The summed E-state index contributed by atoms with van der Waals surface area (Å²) >= 11 is 0. The molecular weight excluding hydrogens is 456 g/mol. The number of nitro benzene ring substituents is 1. The SMILES string of the molecule is COc1ccc(C(NCC(O[Si](C)(C)C(C)(C)C)c2ccccc2)c2cccc([N+](=O)[O-])c2)cc1. The molecule has 0 amide bonds. The van der Waals surface area contributed by atoms with Crippen molar-refractivity contribution in [3.8, 4) is 5.75 Å². The van der Waals surface area contributed by atoms with Gasteiger partial charge in [-0.15, -0.1) is 0 Å². The third kappa shape index (κ3) is 6.78. The zero-order valence-corrected chi connectivity index (χ0v) is 22.4. The van der Waals surface area contributed by atoms with Crippen molar-refractivity contribution in [1.82, 2.24) is 5.32 Å². The number of methoxy groups -OCH3 is 1. The Hall–Kier alpha value is -3.00. The van der Waals surface area contributed by atoms with Crippen molar-refractivity contribution in [2.24, 2.45) is 0 Å². The molecule has 0 aliphatic carbocycles. The van der Waals surface area contributed by atoms with E-state index in [2.05, 4.69) is 51.3 Å². The van der Waals surface area contributed by atoms with Crippen molar-refractivity contribution >= 4 is 14.0 Å². The van der Waals surface area contributed by atoms with Crippen molar-refractivity contribution in [1.29, 1.82) is 0 Å². The summed E-state index contributed by atoms with van der Waals surface area (Å²) < 4.78 is 12.2. The zero-order chi connectivity index (χ0) is 25.6. The Labute approximate surface area is 209 Å². The Morgan fingerprint density at radius 3 is 2.11 bits per heavy atom. The van der Waals surface area contributed by atoms with E-state index in [1.54, 1.807) is 19.2 Å². The number of hydrogen-bond donors (Lipinski definition) is 1. The van der Waals surface area contributed by atoms with E-state index < -0.39 is 8.32 Å². The summed E-state index contributed by atoms with van der Waals surface area (Å²) in [5.74, 6) is 0.759. The van der Waals surface area contributed by atoms with Gasteiger partial charge in [-0.2, -0.15) is 0 Å². The minimum Gasteiger partial charge on any atom is -0.497 e. The third-order valence-corrected chi connectivity index (χ3v) is 11.3. The molecule has 3 rings (SSSR count). The van der Waals surface area contributed by atoms with E-state index in [1.165, 1.54) is 6.07 Å². The van der Waals surface area contributed by atoms with Gasteiger partial charge in [-0.05, 0) is 47.0 Å². The highest BCUT2D eigenvalue weighted by atomic mass is 28.4. The van der Waals surface area contributed by atoms with Gasteiger partial charge in [0.05, 0.1) is 24.2 Å². The van der Waals surface area contributed by atoms with Crippen LogP contribution in [0.3, 0.4) is 0 Å². The summed E-state index contributed by atoms with van der Waals surface area (Å²) in [6.07, 6.45) is -0.156. The van der Waals surface area contributed by atoms with Crippen LogP contribution in [-0.2, 0) is 4.43 Å². The Bertz CT molecular complexity index is 1110. The number of non-ortho nitro benzene ring substituents is 1. The average Bonchev–Trinajstić information content (AvgIpc) is 2.83. The van der Waals surface area contributed by atoms with Crippen molar-refractivity contribution in [2.75, 3.05) is 13.7 Å². The molecule has 0 radical (unpaired) electrons. The average molecular weight is 493 g/mol. The second kappa shape index (κ2) is 11.2. The normalized spacial score (nSPS) is 13.8. The second-order valence-electron chi connectivity index (χ2n) is 10.2. The number of ether oxygens (including phenoxy) is 1. The van der Waals surface area contributed by atoms with E-state index in [-0.39, 0.29) is 27.8 Å². The molecule has 0 aliphatic heterocycles. The van der Waals surface area contributed by atoms with E-state index >= 15 is 0 Å². The van der Waals surface area contributed by atoms with Gasteiger partial charge in [0.1, 0.15) is 5.75 Å². The van der Waals surface area contributed by atoms with Gasteiger partial charge in [-0.3, -0.25) is 10.1 Å². The lowest BCUT2D eigenvalue weighted by atomic mass is 9.97. The van der Waals surface area contributed by atoms with Gasteiger partial charge in [0.25, 0.3) is 5.69 Å². The van der Waals surface area contributed by atoms with Crippen LogP contribution in [0.5, 0.6) is 5.75 Å². The van der Waals surface area contributed by atoms with Crippen LogP contribution >= 0.6 is 0 Å².